The second-order valence-corrected chi connectivity index (χ2v) is 13.3. The number of ketones is 2. The van der Waals surface area contributed by atoms with Crippen LogP contribution in [0.1, 0.15) is 76.8 Å². The molecule has 2 aromatic rings. The lowest BCUT2D eigenvalue weighted by Crippen LogP contribution is -2.44. The Morgan fingerprint density at radius 1 is 0.881 bits per heavy atom. The number of hydrogen-bond acceptors (Lipinski definition) is 7. The van der Waals surface area contributed by atoms with E-state index in [9.17, 15) is 19.7 Å². The molecule has 3 aliphatic rings. The molecule has 8 nitrogen and oxygen atoms in total. The normalized spacial score (nSPS) is 20.0. The maximum absolute atomic E-state index is 14.1. The highest BCUT2D eigenvalue weighted by Crippen LogP contribution is 2.55. The molecule has 1 aliphatic heterocycles. The van der Waals surface area contributed by atoms with Crippen LogP contribution in [0.25, 0.3) is 0 Å². The van der Waals surface area contributed by atoms with E-state index in [-0.39, 0.29) is 34.7 Å². The maximum atomic E-state index is 14.1. The zero-order valence-corrected chi connectivity index (χ0v) is 25.2. The highest BCUT2D eigenvalue weighted by molar-refractivity contribution is 6.07. The van der Waals surface area contributed by atoms with Crippen molar-refractivity contribution in [1.82, 2.24) is 4.90 Å². The summed E-state index contributed by atoms with van der Waals surface area (Å²) in [4.78, 5) is 41.0. The first kappa shape index (κ1) is 29.7. The lowest BCUT2D eigenvalue weighted by Gasteiger charge is -2.49. The first-order chi connectivity index (χ1) is 19.9. The van der Waals surface area contributed by atoms with Gasteiger partial charge in [0.25, 0.3) is 5.69 Å². The van der Waals surface area contributed by atoms with Crippen molar-refractivity contribution in [2.75, 3.05) is 20.3 Å². The molecule has 0 N–H and O–H groups in total. The average molecular weight is 573 g/mol. The fourth-order valence-corrected chi connectivity index (χ4v) is 6.72. The van der Waals surface area contributed by atoms with Gasteiger partial charge in [0.15, 0.2) is 11.6 Å². The fraction of sp³-hybridized carbons (Fsp3) is 0.471. The monoisotopic (exact) mass is 572 g/mol. The van der Waals surface area contributed by atoms with Crippen LogP contribution < -0.4 is 4.74 Å². The van der Waals surface area contributed by atoms with Crippen molar-refractivity contribution >= 4 is 17.3 Å². The summed E-state index contributed by atoms with van der Waals surface area (Å²) in [6, 6.07) is 13.9. The number of ether oxygens (including phenoxy) is 2. The Bertz CT molecular complexity index is 1410. The molecular formula is C34H40N2O6. The quantitative estimate of drug-likeness (QED) is 0.183. The number of carbonyl (C=O) groups excluding carboxylic acids is 2. The average Bonchev–Trinajstić information content (AvgIpc) is 2.91. The number of hydrogen-bond donors (Lipinski definition) is 0. The van der Waals surface area contributed by atoms with Gasteiger partial charge in [0.2, 0.25) is 0 Å². The summed E-state index contributed by atoms with van der Waals surface area (Å²) in [6.07, 6.45) is 3.11. The summed E-state index contributed by atoms with van der Waals surface area (Å²) in [5, 5.41) is 11.1. The van der Waals surface area contributed by atoms with E-state index in [4.69, 9.17) is 9.47 Å². The molecule has 0 fully saturated rings. The minimum Gasteiger partial charge on any atom is -0.489 e. The molecule has 222 valence electrons. The van der Waals surface area contributed by atoms with Crippen molar-refractivity contribution in [3.05, 3.63) is 92.3 Å². The maximum Gasteiger partial charge on any atom is 0.269 e. The topological polar surface area (TPSA) is 99.0 Å². The van der Waals surface area contributed by atoms with Crippen LogP contribution >= 0.6 is 0 Å². The van der Waals surface area contributed by atoms with Crippen LogP contribution in [0.15, 0.2) is 71.1 Å². The number of non-ortho nitro benzene ring substituents is 1. The summed E-state index contributed by atoms with van der Waals surface area (Å²) in [6.45, 7) is 10.0. The molecule has 0 saturated heterocycles. The highest BCUT2D eigenvalue weighted by atomic mass is 16.6. The second-order valence-electron chi connectivity index (χ2n) is 13.3. The van der Waals surface area contributed by atoms with Crippen molar-refractivity contribution in [2.24, 2.45) is 10.8 Å². The van der Waals surface area contributed by atoms with Gasteiger partial charge in [0.05, 0.1) is 4.92 Å². The van der Waals surface area contributed by atoms with Crippen molar-refractivity contribution in [3.63, 3.8) is 0 Å². The lowest BCUT2D eigenvalue weighted by atomic mass is 9.63. The van der Waals surface area contributed by atoms with E-state index in [1.54, 1.807) is 19.2 Å². The number of rotatable bonds is 9. The largest absolute Gasteiger partial charge is 0.489 e. The second kappa shape index (κ2) is 11.5. The van der Waals surface area contributed by atoms with Crippen molar-refractivity contribution in [3.8, 4) is 5.75 Å². The third-order valence-corrected chi connectivity index (χ3v) is 8.52. The Morgan fingerprint density at radius 3 is 2.00 bits per heavy atom. The molecule has 0 bridgehead atoms. The van der Waals surface area contributed by atoms with Crippen LogP contribution in [-0.2, 0) is 20.9 Å². The smallest absolute Gasteiger partial charge is 0.269 e. The van der Waals surface area contributed by atoms with E-state index in [0.29, 0.717) is 42.9 Å². The van der Waals surface area contributed by atoms with E-state index < -0.39 is 10.8 Å². The lowest BCUT2D eigenvalue weighted by molar-refractivity contribution is -0.384. The predicted molar refractivity (Wildman–Crippen MR) is 160 cm³/mol. The molecule has 1 heterocycles. The van der Waals surface area contributed by atoms with Gasteiger partial charge in [-0.2, -0.15) is 0 Å². The van der Waals surface area contributed by atoms with Crippen LogP contribution in [0.2, 0.25) is 0 Å². The van der Waals surface area contributed by atoms with Crippen LogP contribution in [0.3, 0.4) is 0 Å². The fourth-order valence-electron chi connectivity index (χ4n) is 6.72. The minimum absolute atomic E-state index is 0.0211. The van der Waals surface area contributed by atoms with Gasteiger partial charge in [-0.25, -0.2) is 0 Å². The van der Waals surface area contributed by atoms with Crippen LogP contribution in [-0.4, -0.2) is 41.7 Å². The van der Waals surface area contributed by atoms with Gasteiger partial charge in [-0.3, -0.25) is 19.7 Å². The number of methoxy groups -OCH3 is 1. The van der Waals surface area contributed by atoms with Gasteiger partial charge in [0, 0.05) is 79.3 Å². The summed E-state index contributed by atoms with van der Waals surface area (Å²) in [5.74, 6) is 0.256. The number of benzene rings is 2. The van der Waals surface area contributed by atoms with Gasteiger partial charge >= 0.3 is 0 Å². The van der Waals surface area contributed by atoms with E-state index in [1.807, 2.05) is 24.3 Å². The molecule has 5 rings (SSSR count). The van der Waals surface area contributed by atoms with E-state index in [2.05, 4.69) is 32.6 Å². The van der Waals surface area contributed by atoms with Gasteiger partial charge in [-0.1, -0.05) is 45.9 Å². The molecule has 0 saturated carbocycles. The van der Waals surface area contributed by atoms with Gasteiger partial charge in [-0.15, -0.1) is 0 Å². The number of nitro benzene ring substituents is 1. The zero-order valence-electron chi connectivity index (χ0n) is 25.2. The molecule has 42 heavy (non-hydrogen) atoms. The summed E-state index contributed by atoms with van der Waals surface area (Å²) < 4.78 is 11.7. The standard InChI is InChI=1S/C34H40N2O6/c1-33(2)17-25-31(27(37)19-33)30(32-26(35(25)15-8-16-41-5)18-34(3,4)20-28(32)38)24-9-6-7-10-29(24)42-21-22-11-13-23(14-12-22)36(39)40/h6-7,9-14,30H,8,15-21H2,1-5H3. The Kier molecular flexibility index (Phi) is 8.12. The number of para-hydroxylation sites is 1. The molecule has 0 unspecified atom stereocenters. The van der Waals surface area contributed by atoms with E-state index in [1.165, 1.54) is 12.1 Å². The van der Waals surface area contributed by atoms with Crippen LogP contribution in [0.5, 0.6) is 5.75 Å². The number of Topliss-reactive ketones (excluding diaryl/α,β-unsaturated/α-hetero) is 2. The molecule has 0 atom stereocenters. The van der Waals surface area contributed by atoms with E-state index >= 15 is 0 Å². The highest BCUT2D eigenvalue weighted by Gasteiger charge is 2.49. The third kappa shape index (κ3) is 5.91. The Morgan fingerprint density at radius 2 is 1.45 bits per heavy atom. The van der Waals surface area contributed by atoms with Gasteiger partial charge < -0.3 is 14.4 Å². The molecule has 8 heteroatoms. The molecule has 2 aromatic carbocycles. The van der Waals surface area contributed by atoms with Crippen molar-refractivity contribution in [2.45, 2.75) is 72.3 Å². The Labute approximate surface area is 247 Å². The SMILES string of the molecule is COCCCN1C2=C(C(=O)CC(C)(C)C2)C(c2ccccc2OCc2ccc([N+](=O)[O-])cc2)C2=C1CC(C)(C)CC2=O. The van der Waals surface area contributed by atoms with Crippen LogP contribution in [0.4, 0.5) is 5.69 Å². The first-order valence-electron chi connectivity index (χ1n) is 14.6. The molecule has 0 amide bonds. The van der Waals surface area contributed by atoms with Crippen LogP contribution in [0, 0.1) is 20.9 Å². The minimum atomic E-state index is -0.506. The predicted octanol–water partition coefficient (Wildman–Crippen LogP) is 6.90. The number of nitrogens with zero attached hydrogens (tertiary/aromatic N) is 2. The number of nitro groups is 1. The van der Waals surface area contributed by atoms with E-state index in [0.717, 1.165) is 41.8 Å². The van der Waals surface area contributed by atoms with Crippen molar-refractivity contribution in [1.29, 1.82) is 0 Å². The Hall–Kier alpha value is -3.78. The molecule has 0 spiro atoms. The third-order valence-electron chi connectivity index (χ3n) is 8.52. The first-order valence-corrected chi connectivity index (χ1v) is 14.6. The molecular weight excluding hydrogens is 532 g/mol. The number of carbonyl (C=O) groups is 2. The molecule has 0 aromatic heterocycles. The summed E-state index contributed by atoms with van der Waals surface area (Å²) >= 11 is 0. The molecule has 0 radical (unpaired) electrons. The number of allylic oxidation sites excluding steroid dienone is 4. The molecule has 2 aliphatic carbocycles. The van der Waals surface area contributed by atoms with Gasteiger partial charge in [-0.05, 0) is 53.9 Å². The summed E-state index contributed by atoms with van der Waals surface area (Å²) in [5.41, 5.74) is 4.68. The van der Waals surface area contributed by atoms with Crippen molar-refractivity contribution < 1.29 is 24.0 Å². The van der Waals surface area contributed by atoms with Gasteiger partial charge in [0.1, 0.15) is 12.4 Å². The summed E-state index contributed by atoms with van der Waals surface area (Å²) in [7, 11) is 1.69. The zero-order chi connectivity index (χ0) is 30.2. The Balaban J connectivity index is 1.62.